The molecule has 0 radical (unpaired) electrons. The fourth-order valence-electron chi connectivity index (χ4n) is 2.37. The molecule has 25 heavy (non-hydrogen) atoms. The lowest BCUT2D eigenvalue weighted by molar-refractivity contribution is 0.102. The summed E-state index contributed by atoms with van der Waals surface area (Å²) in [6.45, 7) is 4.01. The molecule has 0 saturated heterocycles. The minimum Gasteiger partial charge on any atom is -0.352 e. The maximum absolute atomic E-state index is 13.7. The molecule has 1 aromatic heterocycles. The Labute approximate surface area is 145 Å². The van der Waals surface area contributed by atoms with Crippen molar-refractivity contribution >= 4 is 23.0 Å². The Morgan fingerprint density at radius 2 is 1.76 bits per heavy atom. The van der Waals surface area contributed by atoms with E-state index in [1.54, 1.807) is 30.5 Å². The van der Waals surface area contributed by atoms with Crippen LogP contribution in [0.25, 0.3) is 0 Å². The highest BCUT2D eigenvalue weighted by atomic mass is 19.1. The molecule has 0 aliphatic carbocycles. The Hall–Kier alpha value is -3.21. The van der Waals surface area contributed by atoms with Crippen molar-refractivity contribution in [1.82, 2.24) is 4.98 Å². The molecular formula is C20H18FN3O. The fourth-order valence-corrected chi connectivity index (χ4v) is 2.37. The van der Waals surface area contributed by atoms with E-state index in [9.17, 15) is 9.18 Å². The van der Waals surface area contributed by atoms with Crippen LogP contribution in [0.4, 0.5) is 21.5 Å². The summed E-state index contributed by atoms with van der Waals surface area (Å²) >= 11 is 0. The normalized spacial score (nSPS) is 10.4. The number of carbonyl (C=O) groups excluding carboxylic acids is 1. The van der Waals surface area contributed by atoms with Gasteiger partial charge < -0.3 is 10.6 Å². The quantitative estimate of drug-likeness (QED) is 0.718. The summed E-state index contributed by atoms with van der Waals surface area (Å²) in [5, 5.41) is 5.78. The van der Waals surface area contributed by atoms with Crippen LogP contribution in [0.3, 0.4) is 0 Å². The molecule has 2 N–H and O–H groups in total. The van der Waals surface area contributed by atoms with E-state index in [1.165, 1.54) is 12.3 Å². The van der Waals surface area contributed by atoms with E-state index < -0.39 is 0 Å². The molecule has 3 rings (SSSR count). The van der Waals surface area contributed by atoms with Gasteiger partial charge in [-0.15, -0.1) is 0 Å². The van der Waals surface area contributed by atoms with Crippen molar-refractivity contribution in [2.45, 2.75) is 13.8 Å². The molecular weight excluding hydrogens is 317 g/mol. The summed E-state index contributed by atoms with van der Waals surface area (Å²) in [6.07, 6.45) is 3.02. The van der Waals surface area contributed by atoms with Gasteiger partial charge in [-0.1, -0.05) is 18.2 Å². The van der Waals surface area contributed by atoms with E-state index in [1.807, 2.05) is 32.0 Å². The van der Waals surface area contributed by atoms with Gasteiger partial charge in [0.1, 0.15) is 5.82 Å². The Balaban J connectivity index is 1.77. The minimum atomic E-state index is -0.368. The number of aromatic nitrogens is 1. The second-order valence-electron chi connectivity index (χ2n) is 5.82. The van der Waals surface area contributed by atoms with E-state index >= 15 is 0 Å². The number of halogens is 1. The van der Waals surface area contributed by atoms with E-state index in [2.05, 4.69) is 15.6 Å². The zero-order valence-electron chi connectivity index (χ0n) is 14.0. The van der Waals surface area contributed by atoms with E-state index in [-0.39, 0.29) is 11.7 Å². The molecule has 5 heteroatoms. The van der Waals surface area contributed by atoms with Gasteiger partial charge in [0.05, 0.1) is 23.1 Å². The molecule has 0 fully saturated rings. The van der Waals surface area contributed by atoms with E-state index in [4.69, 9.17) is 0 Å². The molecule has 0 unspecified atom stereocenters. The number of pyridine rings is 1. The van der Waals surface area contributed by atoms with Crippen LogP contribution in [-0.2, 0) is 0 Å². The largest absolute Gasteiger partial charge is 0.352 e. The first-order valence-electron chi connectivity index (χ1n) is 7.88. The van der Waals surface area contributed by atoms with Gasteiger partial charge in [-0.2, -0.15) is 0 Å². The summed E-state index contributed by atoms with van der Waals surface area (Å²) in [7, 11) is 0. The van der Waals surface area contributed by atoms with Gasteiger partial charge in [0.15, 0.2) is 0 Å². The van der Waals surface area contributed by atoms with Gasteiger partial charge >= 0.3 is 0 Å². The van der Waals surface area contributed by atoms with Crippen molar-refractivity contribution in [2.24, 2.45) is 0 Å². The van der Waals surface area contributed by atoms with Crippen LogP contribution >= 0.6 is 0 Å². The minimum absolute atomic E-state index is 0.270. The highest BCUT2D eigenvalue weighted by molar-refractivity contribution is 6.04. The van der Waals surface area contributed by atoms with Crippen LogP contribution in [0.15, 0.2) is 60.9 Å². The van der Waals surface area contributed by atoms with Crippen LogP contribution < -0.4 is 10.6 Å². The van der Waals surface area contributed by atoms with Crippen molar-refractivity contribution in [2.75, 3.05) is 10.6 Å². The molecule has 0 spiro atoms. The number of rotatable bonds is 4. The molecule has 1 amide bonds. The van der Waals surface area contributed by atoms with Crippen LogP contribution in [0.5, 0.6) is 0 Å². The van der Waals surface area contributed by atoms with Crippen molar-refractivity contribution in [3.05, 3.63) is 83.4 Å². The Morgan fingerprint density at radius 1 is 0.960 bits per heavy atom. The SMILES string of the molecule is Cc1ccc(NC(=O)c2cncc(Nc3ccccc3F)c2)cc1C. The maximum Gasteiger partial charge on any atom is 0.257 e. The van der Waals surface area contributed by atoms with E-state index in [0.29, 0.717) is 16.9 Å². The molecule has 1 heterocycles. The molecule has 0 aliphatic heterocycles. The molecule has 0 aliphatic rings. The Kier molecular flexibility index (Phi) is 4.75. The van der Waals surface area contributed by atoms with Gasteiger partial charge in [0, 0.05) is 11.9 Å². The van der Waals surface area contributed by atoms with Crippen LogP contribution in [-0.4, -0.2) is 10.9 Å². The zero-order chi connectivity index (χ0) is 17.8. The molecule has 3 aromatic rings. The van der Waals surface area contributed by atoms with Crippen molar-refractivity contribution < 1.29 is 9.18 Å². The van der Waals surface area contributed by atoms with Gasteiger partial charge in [-0.3, -0.25) is 9.78 Å². The predicted molar refractivity (Wildman–Crippen MR) is 97.8 cm³/mol. The molecule has 0 saturated carbocycles. The Bertz CT molecular complexity index is 924. The standard InChI is InChI=1S/C20H18FN3O/c1-13-7-8-16(9-14(13)2)24-20(25)15-10-17(12-22-11-15)23-19-6-4-3-5-18(19)21/h3-12,23H,1-2H3,(H,24,25). The molecule has 2 aromatic carbocycles. The zero-order valence-corrected chi connectivity index (χ0v) is 14.0. The molecule has 0 atom stereocenters. The third-order valence-electron chi connectivity index (χ3n) is 3.92. The average molecular weight is 335 g/mol. The second kappa shape index (κ2) is 7.13. The summed E-state index contributed by atoms with van der Waals surface area (Å²) in [5.74, 6) is -0.638. The fraction of sp³-hybridized carbons (Fsp3) is 0.100. The highest BCUT2D eigenvalue weighted by Gasteiger charge is 2.09. The molecule has 4 nitrogen and oxygen atoms in total. The first-order valence-corrected chi connectivity index (χ1v) is 7.88. The number of nitrogens with one attached hydrogen (secondary N) is 2. The van der Waals surface area contributed by atoms with Gasteiger partial charge in [-0.05, 0) is 55.3 Å². The number of hydrogen-bond donors (Lipinski definition) is 2. The monoisotopic (exact) mass is 335 g/mol. The average Bonchev–Trinajstić information content (AvgIpc) is 2.60. The smallest absolute Gasteiger partial charge is 0.257 e. The van der Waals surface area contributed by atoms with Crippen molar-refractivity contribution in [1.29, 1.82) is 0 Å². The third-order valence-corrected chi connectivity index (χ3v) is 3.92. The summed E-state index contributed by atoms with van der Waals surface area (Å²) < 4.78 is 13.7. The maximum atomic E-state index is 13.7. The first-order chi connectivity index (χ1) is 12.0. The van der Waals surface area contributed by atoms with Crippen LogP contribution in [0, 0.1) is 19.7 Å². The summed E-state index contributed by atoms with van der Waals surface area (Å²) in [6, 6.07) is 13.7. The lowest BCUT2D eigenvalue weighted by Crippen LogP contribution is -2.12. The van der Waals surface area contributed by atoms with Gasteiger partial charge in [0.2, 0.25) is 0 Å². The van der Waals surface area contributed by atoms with Crippen molar-refractivity contribution in [3.8, 4) is 0 Å². The lowest BCUT2D eigenvalue weighted by Gasteiger charge is -2.10. The molecule has 126 valence electrons. The van der Waals surface area contributed by atoms with Crippen molar-refractivity contribution in [3.63, 3.8) is 0 Å². The summed E-state index contributed by atoms with van der Waals surface area (Å²) in [4.78, 5) is 16.5. The van der Waals surface area contributed by atoms with E-state index in [0.717, 1.165) is 16.8 Å². The number of anilines is 3. The number of aryl methyl sites for hydroxylation is 2. The van der Waals surface area contributed by atoms with Gasteiger partial charge in [0.25, 0.3) is 5.91 Å². The number of carbonyl (C=O) groups is 1. The number of para-hydroxylation sites is 1. The van der Waals surface area contributed by atoms with Gasteiger partial charge in [-0.25, -0.2) is 4.39 Å². The van der Waals surface area contributed by atoms with Crippen LogP contribution in [0.1, 0.15) is 21.5 Å². The second-order valence-corrected chi connectivity index (χ2v) is 5.82. The first kappa shape index (κ1) is 16.6. The lowest BCUT2D eigenvalue weighted by atomic mass is 10.1. The number of benzene rings is 2. The molecule has 0 bridgehead atoms. The third kappa shape index (κ3) is 4.01. The predicted octanol–water partition coefficient (Wildman–Crippen LogP) is 4.83. The highest BCUT2D eigenvalue weighted by Crippen LogP contribution is 2.20. The van der Waals surface area contributed by atoms with Crippen LogP contribution in [0.2, 0.25) is 0 Å². The number of nitrogens with zero attached hydrogens (tertiary/aromatic N) is 1. The summed E-state index contributed by atoms with van der Waals surface area (Å²) in [5.41, 5.74) is 4.25. The number of amides is 1. The number of hydrogen-bond acceptors (Lipinski definition) is 3. The Morgan fingerprint density at radius 3 is 2.52 bits per heavy atom. The topological polar surface area (TPSA) is 54.0 Å².